The van der Waals surface area contributed by atoms with Gasteiger partial charge in [0.05, 0.1) is 0 Å². The highest BCUT2D eigenvalue weighted by molar-refractivity contribution is 5.39. The summed E-state index contributed by atoms with van der Waals surface area (Å²) in [4.78, 5) is 0. The van der Waals surface area contributed by atoms with Crippen molar-refractivity contribution in [2.45, 2.75) is 32.7 Å². The molecule has 0 spiro atoms. The van der Waals surface area contributed by atoms with Crippen LogP contribution in [0.2, 0.25) is 0 Å². The van der Waals surface area contributed by atoms with Crippen LogP contribution in [0.4, 0.5) is 0 Å². The molecule has 3 nitrogen and oxygen atoms in total. The van der Waals surface area contributed by atoms with Gasteiger partial charge in [0.1, 0.15) is 5.75 Å². The van der Waals surface area contributed by atoms with Gasteiger partial charge in [-0.1, -0.05) is 18.2 Å². The largest absolute Gasteiger partial charge is 0.507 e. The number of aryl methyl sites for hydroxylation is 1. The van der Waals surface area contributed by atoms with Crippen LogP contribution in [0.1, 0.15) is 30.4 Å². The average molecular weight is 237 g/mol. The summed E-state index contributed by atoms with van der Waals surface area (Å²) in [6.07, 6.45) is 3.45. The molecule has 0 unspecified atom stereocenters. The maximum Gasteiger partial charge on any atom is 0.122 e. The summed E-state index contributed by atoms with van der Waals surface area (Å²) in [5, 5.41) is 13.2. The maximum absolute atomic E-state index is 9.81. The molecule has 1 aromatic rings. The molecule has 1 rings (SSSR count). The smallest absolute Gasteiger partial charge is 0.122 e. The molecule has 0 aliphatic heterocycles. The van der Waals surface area contributed by atoms with Crippen molar-refractivity contribution < 1.29 is 9.84 Å². The van der Waals surface area contributed by atoms with E-state index in [9.17, 15) is 5.11 Å². The predicted molar refractivity (Wildman–Crippen MR) is 70.3 cm³/mol. The average Bonchev–Trinajstić information content (AvgIpc) is 2.33. The molecule has 17 heavy (non-hydrogen) atoms. The molecule has 0 fully saturated rings. The van der Waals surface area contributed by atoms with Crippen molar-refractivity contribution in [3.63, 3.8) is 0 Å². The molecule has 2 N–H and O–H groups in total. The molecule has 0 atom stereocenters. The Balaban J connectivity index is 2.16. The molecule has 0 aliphatic rings. The van der Waals surface area contributed by atoms with E-state index in [0.717, 1.165) is 43.7 Å². The molecular formula is C14H23NO2. The fourth-order valence-electron chi connectivity index (χ4n) is 1.76. The Hall–Kier alpha value is -1.06. The minimum absolute atomic E-state index is 0.416. The first kappa shape index (κ1) is 14.0. The fraction of sp³-hybridized carbons (Fsp3) is 0.571. The van der Waals surface area contributed by atoms with Gasteiger partial charge in [0.15, 0.2) is 0 Å². The standard InChI is InChI=1S/C14H23NO2/c1-12-7-6-8-13(14(12)16)11-15-9-4-3-5-10-17-2/h6-8,15-16H,3-5,9-11H2,1-2H3. The number of phenols is 1. The number of hydrogen-bond acceptors (Lipinski definition) is 3. The van der Waals surface area contributed by atoms with E-state index in [1.54, 1.807) is 7.11 Å². The van der Waals surface area contributed by atoms with Crippen LogP contribution in [0.15, 0.2) is 18.2 Å². The molecule has 96 valence electrons. The third kappa shape index (κ3) is 5.20. The maximum atomic E-state index is 9.81. The number of nitrogens with one attached hydrogen (secondary N) is 1. The van der Waals surface area contributed by atoms with Gasteiger partial charge < -0.3 is 15.2 Å². The van der Waals surface area contributed by atoms with Crippen LogP contribution in [-0.4, -0.2) is 25.4 Å². The monoisotopic (exact) mass is 237 g/mol. The van der Waals surface area contributed by atoms with Crippen molar-refractivity contribution in [1.29, 1.82) is 0 Å². The van der Waals surface area contributed by atoms with Crippen LogP contribution >= 0.6 is 0 Å². The van der Waals surface area contributed by atoms with Crippen molar-refractivity contribution in [2.24, 2.45) is 0 Å². The van der Waals surface area contributed by atoms with E-state index < -0.39 is 0 Å². The quantitative estimate of drug-likeness (QED) is 0.683. The van der Waals surface area contributed by atoms with Crippen LogP contribution in [0.5, 0.6) is 5.75 Å². The number of methoxy groups -OCH3 is 1. The molecule has 0 amide bonds. The lowest BCUT2D eigenvalue weighted by molar-refractivity contribution is 0.192. The molecule has 0 saturated heterocycles. The summed E-state index contributed by atoms with van der Waals surface area (Å²) in [5.41, 5.74) is 1.91. The zero-order valence-electron chi connectivity index (χ0n) is 10.8. The molecule has 0 heterocycles. The van der Waals surface area contributed by atoms with Crippen molar-refractivity contribution in [3.8, 4) is 5.75 Å². The molecular weight excluding hydrogens is 214 g/mol. The zero-order chi connectivity index (χ0) is 12.5. The third-order valence-corrected chi connectivity index (χ3v) is 2.84. The van der Waals surface area contributed by atoms with Gasteiger partial charge in [0.25, 0.3) is 0 Å². The van der Waals surface area contributed by atoms with E-state index in [2.05, 4.69) is 5.32 Å². The summed E-state index contributed by atoms with van der Waals surface area (Å²) in [6.45, 7) is 4.48. The van der Waals surface area contributed by atoms with Crippen molar-refractivity contribution >= 4 is 0 Å². The molecule has 1 aromatic carbocycles. The van der Waals surface area contributed by atoms with Gasteiger partial charge in [-0.05, 0) is 38.3 Å². The first-order valence-corrected chi connectivity index (χ1v) is 6.23. The SMILES string of the molecule is COCCCCCNCc1cccc(C)c1O. The Bertz CT molecular complexity index is 326. The minimum Gasteiger partial charge on any atom is -0.507 e. The summed E-state index contributed by atoms with van der Waals surface area (Å²) < 4.78 is 4.99. The Kier molecular flexibility index (Phi) is 6.67. The Morgan fingerprint density at radius 3 is 2.82 bits per heavy atom. The van der Waals surface area contributed by atoms with Gasteiger partial charge in [-0.2, -0.15) is 0 Å². The Morgan fingerprint density at radius 1 is 1.24 bits per heavy atom. The number of para-hydroxylation sites is 1. The molecule has 0 aliphatic carbocycles. The summed E-state index contributed by atoms with van der Waals surface area (Å²) in [7, 11) is 1.73. The van der Waals surface area contributed by atoms with E-state index in [1.165, 1.54) is 6.42 Å². The molecule has 0 bridgehead atoms. The molecule has 0 radical (unpaired) electrons. The third-order valence-electron chi connectivity index (χ3n) is 2.84. The van der Waals surface area contributed by atoms with Gasteiger partial charge in [0, 0.05) is 25.8 Å². The highest BCUT2D eigenvalue weighted by Crippen LogP contribution is 2.20. The number of benzene rings is 1. The second-order valence-corrected chi connectivity index (χ2v) is 4.31. The number of rotatable bonds is 8. The van der Waals surface area contributed by atoms with Gasteiger partial charge >= 0.3 is 0 Å². The van der Waals surface area contributed by atoms with Crippen LogP contribution < -0.4 is 5.32 Å². The lowest BCUT2D eigenvalue weighted by atomic mass is 10.1. The number of unbranched alkanes of at least 4 members (excludes halogenated alkanes) is 2. The fourth-order valence-corrected chi connectivity index (χ4v) is 1.76. The van der Waals surface area contributed by atoms with E-state index in [-0.39, 0.29) is 0 Å². The van der Waals surface area contributed by atoms with Gasteiger partial charge in [-0.15, -0.1) is 0 Å². The van der Waals surface area contributed by atoms with Crippen LogP contribution in [0, 0.1) is 6.92 Å². The van der Waals surface area contributed by atoms with Crippen molar-refractivity contribution in [1.82, 2.24) is 5.32 Å². The van der Waals surface area contributed by atoms with Crippen molar-refractivity contribution in [2.75, 3.05) is 20.3 Å². The number of phenolic OH excluding ortho intramolecular Hbond substituents is 1. The predicted octanol–water partition coefficient (Wildman–Crippen LogP) is 2.61. The Morgan fingerprint density at radius 2 is 2.06 bits per heavy atom. The van der Waals surface area contributed by atoms with Crippen LogP contribution in [0.3, 0.4) is 0 Å². The van der Waals surface area contributed by atoms with E-state index >= 15 is 0 Å². The first-order chi connectivity index (χ1) is 8.25. The van der Waals surface area contributed by atoms with Gasteiger partial charge in [0.2, 0.25) is 0 Å². The summed E-state index contributed by atoms with van der Waals surface area (Å²) in [5.74, 6) is 0.416. The zero-order valence-corrected chi connectivity index (χ0v) is 10.8. The second kappa shape index (κ2) is 8.09. The van der Waals surface area contributed by atoms with Crippen LogP contribution in [-0.2, 0) is 11.3 Å². The van der Waals surface area contributed by atoms with Crippen molar-refractivity contribution in [3.05, 3.63) is 29.3 Å². The molecule has 0 saturated carbocycles. The van der Waals surface area contributed by atoms with Gasteiger partial charge in [-0.25, -0.2) is 0 Å². The van der Waals surface area contributed by atoms with E-state index in [1.807, 2.05) is 25.1 Å². The minimum atomic E-state index is 0.416. The van der Waals surface area contributed by atoms with Crippen LogP contribution in [0.25, 0.3) is 0 Å². The topological polar surface area (TPSA) is 41.5 Å². The second-order valence-electron chi connectivity index (χ2n) is 4.31. The van der Waals surface area contributed by atoms with Gasteiger partial charge in [-0.3, -0.25) is 0 Å². The molecule has 3 heteroatoms. The number of aromatic hydroxyl groups is 1. The van der Waals surface area contributed by atoms with E-state index in [0.29, 0.717) is 5.75 Å². The first-order valence-electron chi connectivity index (χ1n) is 6.23. The normalized spacial score (nSPS) is 10.7. The highest BCUT2D eigenvalue weighted by Gasteiger charge is 2.02. The highest BCUT2D eigenvalue weighted by atomic mass is 16.5. The summed E-state index contributed by atoms with van der Waals surface area (Å²) >= 11 is 0. The summed E-state index contributed by atoms with van der Waals surface area (Å²) in [6, 6.07) is 5.86. The number of hydrogen-bond donors (Lipinski definition) is 2. The van der Waals surface area contributed by atoms with E-state index in [4.69, 9.17) is 4.74 Å². The number of ether oxygens (including phenoxy) is 1. The Labute approximate surface area is 104 Å². The lowest BCUT2D eigenvalue weighted by Gasteiger charge is -2.08. The lowest BCUT2D eigenvalue weighted by Crippen LogP contribution is -2.15. The molecule has 0 aromatic heterocycles.